The van der Waals surface area contributed by atoms with E-state index in [-0.39, 0.29) is 0 Å². The van der Waals surface area contributed by atoms with Gasteiger partial charge in [0, 0.05) is 25.8 Å². The van der Waals surface area contributed by atoms with Crippen molar-refractivity contribution in [3.05, 3.63) is 36.4 Å². The SMILES string of the molecule is COCCCNc1ccc(-c2ccccc2OC)nn1. The molecule has 0 saturated carbocycles. The second kappa shape index (κ2) is 7.45. The van der Waals surface area contributed by atoms with Gasteiger partial charge in [0.1, 0.15) is 11.6 Å². The van der Waals surface area contributed by atoms with Gasteiger partial charge in [0.2, 0.25) is 0 Å². The van der Waals surface area contributed by atoms with E-state index in [1.165, 1.54) is 0 Å². The van der Waals surface area contributed by atoms with Crippen molar-refractivity contribution in [2.75, 3.05) is 32.7 Å². The van der Waals surface area contributed by atoms with Crippen LogP contribution in [0.4, 0.5) is 5.82 Å². The fraction of sp³-hybridized carbons (Fsp3) is 0.333. The van der Waals surface area contributed by atoms with Gasteiger partial charge in [-0.25, -0.2) is 0 Å². The largest absolute Gasteiger partial charge is 0.496 e. The summed E-state index contributed by atoms with van der Waals surface area (Å²) in [6.07, 6.45) is 0.937. The van der Waals surface area contributed by atoms with Crippen LogP contribution in [0.25, 0.3) is 11.3 Å². The summed E-state index contributed by atoms with van der Waals surface area (Å²) in [4.78, 5) is 0. The molecule has 0 unspecified atom stereocenters. The molecule has 2 rings (SSSR count). The van der Waals surface area contributed by atoms with Gasteiger partial charge in [0.15, 0.2) is 0 Å². The summed E-state index contributed by atoms with van der Waals surface area (Å²) in [6, 6.07) is 11.6. The summed E-state index contributed by atoms with van der Waals surface area (Å²) in [6.45, 7) is 1.55. The first kappa shape index (κ1) is 14.3. The predicted molar refractivity (Wildman–Crippen MR) is 79.0 cm³/mol. The third-order valence-corrected chi connectivity index (χ3v) is 2.88. The molecule has 106 valence electrons. The molecule has 20 heavy (non-hydrogen) atoms. The normalized spacial score (nSPS) is 10.3. The molecule has 0 aliphatic rings. The van der Waals surface area contributed by atoms with Gasteiger partial charge in [-0.3, -0.25) is 0 Å². The lowest BCUT2D eigenvalue weighted by atomic mass is 10.1. The van der Waals surface area contributed by atoms with Crippen LogP contribution in [-0.4, -0.2) is 37.6 Å². The van der Waals surface area contributed by atoms with Gasteiger partial charge in [-0.1, -0.05) is 12.1 Å². The third kappa shape index (κ3) is 3.68. The van der Waals surface area contributed by atoms with Crippen LogP contribution in [0.1, 0.15) is 6.42 Å². The van der Waals surface area contributed by atoms with Crippen LogP contribution in [0.2, 0.25) is 0 Å². The molecule has 0 aliphatic heterocycles. The van der Waals surface area contributed by atoms with Crippen LogP contribution in [0.5, 0.6) is 5.75 Å². The molecule has 0 aliphatic carbocycles. The molecular weight excluding hydrogens is 254 g/mol. The predicted octanol–water partition coefficient (Wildman–Crippen LogP) is 2.60. The van der Waals surface area contributed by atoms with E-state index >= 15 is 0 Å². The topological polar surface area (TPSA) is 56.3 Å². The number of benzene rings is 1. The molecule has 1 N–H and O–H groups in total. The van der Waals surface area contributed by atoms with E-state index in [2.05, 4.69) is 15.5 Å². The summed E-state index contributed by atoms with van der Waals surface area (Å²) in [5.41, 5.74) is 1.73. The fourth-order valence-electron chi connectivity index (χ4n) is 1.86. The maximum Gasteiger partial charge on any atom is 0.148 e. The number of ether oxygens (including phenoxy) is 2. The van der Waals surface area contributed by atoms with Crippen molar-refractivity contribution in [2.45, 2.75) is 6.42 Å². The van der Waals surface area contributed by atoms with Gasteiger partial charge in [-0.15, -0.1) is 10.2 Å². The van der Waals surface area contributed by atoms with Crippen molar-refractivity contribution in [2.24, 2.45) is 0 Å². The lowest BCUT2D eigenvalue weighted by Crippen LogP contribution is -2.06. The van der Waals surface area contributed by atoms with Gasteiger partial charge in [0.25, 0.3) is 0 Å². The minimum Gasteiger partial charge on any atom is -0.496 e. The Morgan fingerprint density at radius 3 is 2.60 bits per heavy atom. The second-order valence-electron chi connectivity index (χ2n) is 4.28. The van der Waals surface area contributed by atoms with E-state index < -0.39 is 0 Å². The lowest BCUT2D eigenvalue weighted by molar-refractivity contribution is 0.197. The van der Waals surface area contributed by atoms with E-state index in [4.69, 9.17) is 9.47 Å². The van der Waals surface area contributed by atoms with Crippen molar-refractivity contribution in [1.29, 1.82) is 0 Å². The molecule has 0 fully saturated rings. The van der Waals surface area contributed by atoms with Crippen LogP contribution >= 0.6 is 0 Å². The maximum atomic E-state index is 5.32. The number of para-hydroxylation sites is 1. The number of rotatable bonds is 7. The fourth-order valence-corrected chi connectivity index (χ4v) is 1.86. The number of nitrogens with one attached hydrogen (secondary N) is 1. The first-order chi connectivity index (χ1) is 9.85. The Labute approximate surface area is 118 Å². The molecule has 0 radical (unpaired) electrons. The quantitative estimate of drug-likeness (QED) is 0.786. The molecule has 1 aromatic heterocycles. The van der Waals surface area contributed by atoms with Gasteiger partial charge in [0.05, 0.1) is 12.8 Å². The van der Waals surface area contributed by atoms with Crippen LogP contribution in [-0.2, 0) is 4.74 Å². The minimum absolute atomic E-state index is 0.736. The van der Waals surface area contributed by atoms with E-state index in [0.29, 0.717) is 0 Å². The van der Waals surface area contributed by atoms with Crippen LogP contribution in [0, 0.1) is 0 Å². The van der Waals surface area contributed by atoms with Crippen molar-refractivity contribution in [3.8, 4) is 17.0 Å². The number of methoxy groups -OCH3 is 2. The number of hydrogen-bond donors (Lipinski definition) is 1. The van der Waals surface area contributed by atoms with Crippen molar-refractivity contribution < 1.29 is 9.47 Å². The summed E-state index contributed by atoms with van der Waals surface area (Å²) in [7, 11) is 3.35. The van der Waals surface area contributed by atoms with Gasteiger partial charge in [-0.05, 0) is 30.7 Å². The monoisotopic (exact) mass is 273 g/mol. The average Bonchev–Trinajstić information content (AvgIpc) is 2.52. The van der Waals surface area contributed by atoms with E-state index in [9.17, 15) is 0 Å². The number of aromatic nitrogens is 2. The zero-order valence-corrected chi connectivity index (χ0v) is 11.8. The molecule has 5 heteroatoms. The van der Waals surface area contributed by atoms with Crippen LogP contribution < -0.4 is 10.1 Å². The Morgan fingerprint density at radius 2 is 1.90 bits per heavy atom. The maximum absolute atomic E-state index is 5.32. The highest BCUT2D eigenvalue weighted by Crippen LogP contribution is 2.27. The van der Waals surface area contributed by atoms with Gasteiger partial charge in [-0.2, -0.15) is 0 Å². The Kier molecular flexibility index (Phi) is 5.32. The molecule has 0 atom stereocenters. The first-order valence-corrected chi connectivity index (χ1v) is 6.55. The summed E-state index contributed by atoms with van der Waals surface area (Å²) in [5.74, 6) is 1.56. The molecule has 0 spiro atoms. The van der Waals surface area contributed by atoms with Gasteiger partial charge < -0.3 is 14.8 Å². The van der Waals surface area contributed by atoms with Crippen LogP contribution in [0.3, 0.4) is 0 Å². The third-order valence-electron chi connectivity index (χ3n) is 2.88. The average molecular weight is 273 g/mol. The van der Waals surface area contributed by atoms with E-state index in [0.717, 1.165) is 42.4 Å². The molecule has 1 heterocycles. The summed E-state index contributed by atoms with van der Waals surface area (Å²) >= 11 is 0. The number of anilines is 1. The molecular formula is C15H19N3O2. The van der Waals surface area contributed by atoms with E-state index in [1.807, 2.05) is 36.4 Å². The Hall–Kier alpha value is -2.14. The Bertz CT molecular complexity index is 529. The Morgan fingerprint density at radius 1 is 1.05 bits per heavy atom. The highest BCUT2D eigenvalue weighted by atomic mass is 16.5. The number of nitrogens with zero attached hydrogens (tertiary/aromatic N) is 2. The molecule has 2 aromatic rings. The number of hydrogen-bond acceptors (Lipinski definition) is 5. The molecule has 0 bridgehead atoms. The highest BCUT2D eigenvalue weighted by molar-refractivity contribution is 5.67. The summed E-state index contributed by atoms with van der Waals surface area (Å²) in [5, 5.41) is 11.6. The van der Waals surface area contributed by atoms with Crippen LogP contribution in [0.15, 0.2) is 36.4 Å². The molecule has 0 saturated heterocycles. The lowest BCUT2D eigenvalue weighted by Gasteiger charge is -2.08. The van der Waals surface area contributed by atoms with E-state index in [1.54, 1.807) is 14.2 Å². The zero-order valence-electron chi connectivity index (χ0n) is 11.8. The minimum atomic E-state index is 0.736. The Balaban J connectivity index is 2.04. The van der Waals surface area contributed by atoms with Crippen molar-refractivity contribution in [3.63, 3.8) is 0 Å². The molecule has 5 nitrogen and oxygen atoms in total. The molecule has 0 amide bonds. The summed E-state index contributed by atoms with van der Waals surface area (Å²) < 4.78 is 10.3. The first-order valence-electron chi connectivity index (χ1n) is 6.55. The van der Waals surface area contributed by atoms with Crippen molar-refractivity contribution >= 4 is 5.82 Å². The van der Waals surface area contributed by atoms with Crippen molar-refractivity contribution in [1.82, 2.24) is 10.2 Å². The second-order valence-corrected chi connectivity index (χ2v) is 4.28. The zero-order chi connectivity index (χ0) is 14.2. The molecule has 1 aromatic carbocycles. The standard InChI is InChI=1S/C15H19N3O2/c1-19-11-5-10-16-15-9-8-13(17-18-15)12-6-3-4-7-14(12)20-2/h3-4,6-9H,5,10-11H2,1-2H3,(H,16,18). The smallest absolute Gasteiger partial charge is 0.148 e. The van der Waals surface area contributed by atoms with Gasteiger partial charge >= 0.3 is 0 Å². The highest BCUT2D eigenvalue weighted by Gasteiger charge is 2.06.